The summed E-state index contributed by atoms with van der Waals surface area (Å²) in [5.74, 6) is -0.788. The summed E-state index contributed by atoms with van der Waals surface area (Å²) in [6.45, 7) is 10.8. The summed E-state index contributed by atoms with van der Waals surface area (Å²) in [5, 5.41) is 2.84. The van der Waals surface area contributed by atoms with Crippen molar-refractivity contribution in [1.29, 1.82) is 0 Å². The van der Waals surface area contributed by atoms with Crippen LogP contribution in [-0.4, -0.2) is 23.5 Å². The Labute approximate surface area is 177 Å². The monoisotopic (exact) mass is 411 g/mol. The zero-order chi connectivity index (χ0) is 22.1. The fourth-order valence-corrected chi connectivity index (χ4v) is 3.23. The van der Waals surface area contributed by atoms with Crippen molar-refractivity contribution in [1.82, 2.24) is 5.32 Å². The summed E-state index contributed by atoms with van der Waals surface area (Å²) in [7, 11) is 0. The highest BCUT2D eigenvalue weighted by Crippen LogP contribution is 2.32. The number of carbonyl (C=O) groups is 2. The Morgan fingerprint density at radius 2 is 1.70 bits per heavy atom. The van der Waals surface area contributed by atoms with Gasteiger partial charge in [-0.05, 0) is 62.9 Å². The number of benzene rings is 2. The third-order valence-electron chi connectivity index (χ3n) is 4.58. The van der Waals surface area contributed by atoms with E-state index in [1.165, 1.54) is 0 Å². The fourth-order valence-electron chi connectivity index (χ4n) is 3.23. The first-order valence-corrected chi connectivity index (χ1v) is 10.1. The van der Waals surface area contributed by atoms with Crippen molar-refractivity contribution < 1.29 is 23.8 Å². The normalized spacial score (nSPS) is 16.0. The molecule has 0 aliphatic carbocycles. The van der Waals surface area contributed by atoms with Gasteiger partial charge in [-0.2, -0.15) is 0 Å². The third-order valence-corrected chi connectivity index (χ3v) is 4.58. The third kappa shape index (κ3) is 5.53. The average molecular weight is 411 g/mol. The lowest BCUT2D eigenvalue weighted by molar-refractivity contribution is -0.127. The summed E-state index contributed by atoms with van der Waals surface area (Å²) in [4.78, 5) is 24.2. The number of fused-ring (bicyclic) bond motifs is 1. The van der Waals surface area contributed by atoms with Crippen LogP contribution in [0.5, 0.6) is 5.75 Å². The summed E-state index contributed by atoms with van der Waals surface area (Å²) in [6, 6.07) is 13.4. The fraction of sp³-hybridized carbons (Fsp3) is 0.417. The molecule has 0 aromatic heterocycles. The largest absolute Gasteiger partial charge is 0.452 e. The summed E-state index contributed by atoms with van der Waals surface area (Å²) in [6.07, 6.45) is 0.225. The molecule has 1 heterocycles. The molecular formula is C24H29NO5. The molecule has 0 saturated heterocycles. The number of cyclic esters (lactones) is 1. The van der Waals surface area contributed by atoms with Crippen LogP contribution in [0.25, 0.3) is 0 Å². The van der Waals surface area contributed by atoms with Crippen molar-refractivity contribution >= 4 is 12.1 Å². The van der Waals surface area contributed by atoms with Gasteiger partial charge in [0.15, 0.2) is 0 Å². The lowest BCUT2D eigenvalue weighted by atomic mass is 9.99. The molecule has 3 rings (SSSR count). The topological polar surface area (TPSA) is 73.9 Å². The molecule has 1 N–H and O–H groups in total. The van der Waals surface area contributed by atoms with Gasteiger partial charge in [0.2, 0.25) is 5.79 Å². The lowest BCUT2D eigenvalue weighted by Gasteiger charge is -2.31. The quantitative estimate of drug-likeness (QED) is 0.705. The second-order valence-corrected chi connectivity index (χ2v) is 9.01. The Morgan fingerprint density at radius 1 is 1.07 bits per heavy atom. The molecule has 0 bridgehead atoms. The van der Waals surface area contributed by atoms with Crippen LogP contribution in [0.4, 0.5) is 4.79 Å². The van der Waals surface area contributed by atoms with E-state index < -0.39 is 17.5 Å². The number of rotatable bonds is 4. The van der Waals surface area contributed by atoms with E-state index in [0.29, 0.717) is 17.7 Å². The maximum Gasteiger partial charge on any atom is 0.408 e. The molecule has 6 nitrogen and oxygen atoms in total. The van der Waals surface area contributed by atoms with E-state index >= 15 is 0 Å². The number of esters is 1. The Kier molecular flexibility index (Phi) is 5.79. The summed E-state index contributed by atoms with van der Waals surface area (Å²) in [5.41, 5.74) is 2.97. The second-order valence-electron chi connectivity index (χ2n) is 9.01. The number of carbonyl (C=O) groups excluding carboxylic acids is 2. The number of amides is 1. The highest BCUT2D eigenvalue weighted by Gasteiger charge is 2.33. The Bertz CT molecular complexity index is 941. The van der Waals surface area contributed by atoms with Gasteiger partial charge < -0.3 is 19.5 Å². The van der Waals surface area contributed by atoms with Crippen LogP contribution in [0.2, 0.25) is 0 Å². The maximum atomic E-state index is 12.3. The summed E-state index contributed by atoms with van der Waals surface area (Å²) < 4.78 is 16.3. The van der Waals surface area contributed by atoms with Crippen molar-refractivity contribution in [3.8, 4) is 5.75 Å². The van der Waals surface area contributed by atoms with Crippen LogP contribution in [0.15, 0.2) is 42.5 Å². The SMILES string of the molecule is C[C@H](NC(=O)OC(C)(C)C)c1ccc(Cc2ccc3c(c2)C(=O)OC(C)(C)O3)cc1. The molecule has 1 atom stereocenters. The minimum Gasteiger partial charge on any atom is -0.452 e. The smallest absolute Gasteiger partial charge is 0.408 e. The van der Waals surface area contributed by atoms with Gasteiger partial charge >= 0.3 is 12.1 Å². The van der Waals surface area contributed by atoms with Gasteiger partial charge in [-0.25, -0.2) is 9.59 Å². The minimum absolute atomic E-state index is 0.173. The molecule has 1 amide bonds. The number of hydrogen-bond acceptors (Lipinski definition) is 5. The van der Waals surface area contributed by atoms with Crippen molar-refractivity contribution in [3.63, 3.8) is 0 Å². The molecule has 30 heavy (non-hydrogen) atoms. The second kappa shape index (κ2) is 8.01. The Balaban J connectivity index is 1.66. The maximum absolute atomic E-state index is 12.3. The highest BCUT2D eigenvalue weighted by atomic mass is 16.7. The van der Waals surface area contributed by atoms with Gasteiger partial charge in [-0.3, -0.25) is 0 Å². The van der Waals surface area contributed by atoms with E-state index in [-0.39, 0.29) is 12.0 Å². The molecule has 2 aromatic rings. The van der Waals surface area contributed by atoms with Gasteiger partial charge in [-0.1, -0.05) is 30.3 Å². The van der Waals surface area contributed by atoms with Crippen molar-refractivity contribution in [2.75, 3.05) is 0 Å². The first kappa shape index (κ1) is 21.7. The lowest BCUT2D eigenvalue weighted by Crippen LogP contribution is -2.38. The molecule has 160 valence electrons. The molecule has 0 saturated carbocycles. The van der Waals surface area contributed by atoms with Crippen molar-refractivity contribution in [2.45, 2.75) is 65.4 Å². The average Bonchev–Trinajstić information content (AvgIpc) is 2.60. The molecule has 6 heteroatoms. The van der Waals surface area contributed by atoms with Gasteiger partial charge in [0.05, 0.1) is 6.04 Å². The molecule has 0 unspecified atom stereocenters. The van der Waals surface area contributed by atoms with Gasteiger partial charge in [0.1, 0.15) is 16.9 Å². The summed E-state index contributed by atoms with van der Waals surface area (Å²) >= 11 is 0. The zero-order valence-corrected chi connectivity index (χ0v) is 18.4. The van der Waals surface area contributed by atoms with Gasteiger partial charge in [-0.15, -0.1) is 0 Å². The van der Waals surface area contributed by atoms with E-state index in [1.807, 2.05) is 70.2 Å². The van der Waals surface area contributed by atoms with E-state index in [4.69, 9.17) is 14.2 Å². The van der Waals surface area contributed by atoms with Gasteiger partial charge in [0.25, 0.3) is 0 Å². The molecule has 0 spiro atoms. The number of ether oxygens (including phenoxy) is 3. The van der Waals surface area contributed by atoms with Gasteiger partial charge in [0, 0.05) is 13.8 Å². The van der Waals surface area contributed by atoms with E-state index in [0.717, 1.165) is 16.7 Å². The molecule has 2 aromatic carbocycles. The molecule has 0 fully saturated rings. The van der Waals surface area contributed by atoms with Crippen LogP contribution in [0.3, 0.4) is 0 Å². The Hall–Kier alpha value is -3.02. The number of alkyl carbamates (subject to hydrolysis) is 1. The predicted molar refractivity (Wildman–Crippen MR) is 114 cm³/mol. The van der Waals surface area contributed by atoms with E-state index in [2.05, 4.69) is 5.32 Å². The van der Waals surface area contributed by atoms with Crippen LogP contribution in [-0.2, 0) is 15.9 Å². The molecule has 0 radical (unpaired) electrons. The first-order chi connectivity index (χ1) is 13.9. The van der Waals surface area contributed by atoms with E-state index in [9.17, 15) is 9.59 Å². The highest BCUT2D eigenvalue weighted by molar-refractivity contribution is 5.93. The zero-order valence-electron chi connectivity index (χ0n) is 18.4. The first-order valence-electron chi connectivity index (χ1n) is 10.1. The van der Waals surface area contributed by atoms with Crippen molar-refractivity contribution in [3.05, 3.63) is 64.7 Å². The standard InChI is InChI=1S/C24H29NO5/c1-15(25-22(27)30-23(2,3)4)18-10-7-16(8-11-18)13-17-9-12-20-19(14-17)21(26)29-24(5,6)28-20/h7-12,14-15H,13H2,1-6H3,(H,25,27)/t15-/m0/s1. The van der Waals surface area contributed by atoms with E-state index in [1.54, 1.807) is 13.8 Å². The van der Waals surface area contributed by atoms with Crippen LogP contribution >= 0.6 is 0 Å². The number of nitrogens with one attached hydrogen (secondary N) is 1. The van der Waals surface area contributed by atoms with Crippen molar-refractivity contribution in [2.24, 2.45) is 0 Å². The van der Waals surface area contributed by atoms with Crippen LogP contribution < -0.4 is 10.1 Å². The Morgan fingerprint density at radius 3 is 2.33 bits per heavy atom. The van der Waals surface area contributed by atoms with Crippen LogP contribution in [0.1, 0.15) is 74.6 Å². The molecule has 1 aliphatic heterocycles. The predicted octanol–water partition coefficient (Wildman–Crippen LogP) is 5.15. The molecule has 1 aliphatic rings. The number of hydrogen-bond donors (Lipinski definition) is 1. The molecular weight excluding hydrogens is 382 g/mol. The minimum atomic E-state index is -0.953. The van der Waals surface area contributed by atoms with Crippen LogP contribution in [0, 0.1) is 0 Å².